The molecule has 0 saturated carbocycles. The minimum atomic E-state index is -0.504. The fourth-order valence-electron chi connectivity index (χ4n) is 5.14. The van der Waals surface area contributed by atoms with Gasteiger partial charge in [0.15, 0.2) is 23.1 Å². The molecule has 0 spiro atoms. The van der Waals surface area contributed by atoms with Crippen molar-refractivity contribution in [1.29, 1.82) is 0 Å². The number of Topliss-reactive ketones (excluding diaryl/α,β-unsaturated/α-hetero) is 2. The molecule has 0 radical (unpaired) electrons. The Balaban J connectivity index is 1.96. The van der Waals surface area contributed by atoms with Crippen LogP contribution >= 0.6 is 11.6 Å². The Morgan fingerprint density at radius 3 is 1.93 bits per heavy atom. The van der Waals surface area contributed by atoms with Crippen LogP contribution in [0.4, 0.5) is 0 Å². The zero-order valence-electron chi connectivity index (χ0n) is 18.1. The summed E-state index contributed by atoms with van der Waals surface area (Å²) in [6.07, 6.45) is 2.32. The summed E-state index contributed by atoms with van der Waals surface area (Å²) in [7, 11) is 1.45. The molecule has 6 heteroatoms. The molecule has 1 heterocycles. The molecule has 4 rings (SSSR count). The van der Waals surface area contributed by atoms with Gasteiger partial charge >= 0.3 is 0 Å². The molecule has 5 nitrogen and oxygen atoms in total. The van der Waals surface area contributed by atoms with E-state index in [1.54, 1.807) is 12.1 Å². The number of hydrogen-bond donors (Lipinski definition) is 2. The van der Waals surface area contributed by atoms with Crippen LogP contribution in [0, 0.1) is 10.8 Å². The van der Waals surface area contributed by atoms with E-state index in [-0.39, 0.29) is 38.9 Å². The molecule has 2 N–H and O–H groups in total. The van der Waals surface area contributed by atoms with Gasteiger partial charge in [0.1, 0.15) is 0 Å². The lowest BCUT2D eigenvalue weighted by molar-refractivity contribution is -0.119. The van der Waals surface area contributed by atoms with Crippen molar-refractivity contribution in [3.63, 3.8) is 0 Å². The number of methoxy groups -OCH3 is 1. The van der Waals surface area contributed by atoms with Crippen molar-refractivity contribution >= 4 is 23.2 Å². The molecule has 0 amide bonds. The van der Waals surface area contributed by atoms with Gasteiger partial charge in [-0.2, -0.15) is 0 Å². The molecular formula is C24H28ClNO4. The Labute approximate surface area is 182 Å². The average molecular weight is 430 g/mol. The van der Waals surface area contributed by atoms with E-state index < -0.39 is 5.92 Å². The number of ketones is 2. The van der Waals surface area contributed by atoms with Crippen molar-refractivity contribution in [2.75, 3.05) is 7.11 Å². The Morgan fingerprint density at radius 2 is 1.47 bits per heavy atom. The molecule has 1 aromatic rings. The molecule has 1 aromatic carbocycles. The SMILES string of the molecule is COc1cc(C2C3=C(CC(C)(C)CC3=O)NC3=C2C(=O)CC(C)(C)C3)cc(Cl)c1O. The minimum absolute atomic E-state index is 0.0473. The third kappa shape index (κ3) is 3.43. The third-order valence-corrected chi connectivity index (χ3v) is 6.61. The maximum Gasteiger partial charge on any atom is 0.176 e. The number of allylic oxidation sites excluding steroid dienone is 4. The number of dihydropyridines is 1. The van der Waals surface area contributed by atoms with Crippen molar-refractivity contribution in [2.24, 2.45) is 10.8 Å². The lowest BCUT2D eigenvalue weighted by Gasteiger charge is -2.44. The summed E-state index contributed by atoms with van der Waals surface area (Å²) >= 11 is 6.28. The van der Waals surface area contributed by atoms with Gasteiger partial charge in [0, 0.05) is 41.3 Å². The van der Waals surface area contributed by atoms with E-state index in [1.165, 1.54) is 7.11 Å². The van der Waals surface area contributed by atoms with Crippen LogP contribution in [0.5, 0.6) is 11.5 Å². The number of ether oxygens (including phenoxy) is 1. The van der Waals surface area contributed by atoms with Gasteiger partial charge in [-0.1, -0.05) is 39.3 Å². The van der Waals surface area contributed by atoms with E-state index in [9.17, 15) is 14.7 Å². The largest absolute Gasteiger partial charge is 0.503 e. The summed E-state index contributed by atoms with van der Waals surface area (Å²) < 4.78 is 5.30. The Kier molecular flexibility index (Phi) is 4.81. The number of carbonyl (C=O) groups is 2. The quantitative estimate of drug-likeness (QED) is 0.689. The van der Waals surface area contributed by atoms with Crippen molar-refractivity contribution < 1.29 is 19.4 Å². The zero-order chi connectivity index (χ0) is 22.0. The number of phenolic OH excluding ortho intramolecular Hbond substituents is 1. The first-order valence-electron chi connectivity index (χ1n) is 10.3. The smallest absolute Gasteiger partial charge is 0.176 e. The lowest BCUT2D eigenvalue weighted by atomic mass is 9.64. The van der Waals surface area contributed by atoms with Crippen LogP contribution in [0.25, 0.3) is 0 Å². The highest BCUT2D eigenvalue weighted by Crippen LogP contribution is 2.52. The fourth-order valence-corrected chi connectivity index (χ4v) is 5.36. The van der Waals surface area contributed by atoms with E-state index in [0.717, 1.165) is 24.2 Å². The van der Waals surface area contributed by atoms with E-state index in [4.69, 9.17) is 16.3 Å². The molecular weight excluding hydrogens is 402 g/mol. The standard InChI is InChI=1S/C24H28ClNO4/c1-23(2)8-14-20(16(27)10-23)19(12-6-13(25)22(29)18(7-12)30-5)21-15(26-14)9-24(3,4)11-17(21)28/h6-7,19,26,29H,8-11H2,1-5H3. The first-order valence-corrected chi connectivity index (χ1v) is 10.7. The second-order valence-corrected chi connectivity index (χ2v) is 10.7. The Hall–Kier alpha value is -2.27. The van der Waals surface area contributed by atoms with E-state index >= 15 is 0 Å². The maximum atomic E-state index is 13.3. The van der Waals surface area contributed by atoms with Gasteiger partial charge in [-0.25, -0.2) is 0 Å². The molecule has 0 aromatic heterocycles. The van der Waals surface area contributed by atoms with Crippen molar-refractivity contribution in [3.8, 4) is 11.5 Å². The summed E-state index contributed by atoms with van der Waals surface area (Å²) in [6.45, 7) is 8.36. The molecule has 1 aliphatic heterocycles. The predicted octanol–water partition coefficient (Wildman–Crippen LogP) is 5.03. The van der Waals surface area contributed by atoms with Gasteiger partial charge in [0.25, 0.3) is 0 Å². The monoisotopic (exact) mass is 429 g/mol. The van der Waals surface area contributed by atoms with Gasteiger partial charge < -0.3 is 15.2 Å². The number of hydrogen-bond acceptors (Lipinski definition) is 5. The summed E-state index contributed by atoms with van der Waals surface area (Å²) in [5, 5.41) is 13.8. The summed E-state index contributed by atoms with van der Waals surface area (Å²) in [4.78, 5) is 26.6. The molecule has 0 bridgehead atoms. The molecule has 2 aliphatic carbocycles. The normalized spacial score (nSPS) is 23.1. The zero-order valence-corrected chi connectivity index (χ0v) is 18.9. The highest BCUT2D eigenvalue weighted by atomic mass is 35.5. The minimum Gasteiger partial charge on any atom is -0.503 e. The predicted molar refractivity (Wildman–Crippen MR) is 116 cm³/mol. The maximum absolute atomic E-state index is 13.3. The van der Waals surface area contributed by atoms with Gasteiger partial charge in [-0.15, -0.1) is 0 Å². The second kappa shape index (κ2) is 6.88. The molecule has 3 aliphatic rings. The highest BCUT2D eigenvalue weighted by molar-refractivity contribution is 6.32. The van der Waals surface area contributed by atoms with Crippen LogP contribution in [0.3, 0.4) is 0 Å². The van der Waals surface area contributed by atoms with E-state index in [2.05, 4.69) is 33.0 Å². The topological polar surface area (TPSA) is 75.6 Å². The average Bonchev–Trinajstić information content (AvgIpc) is 2.60. The van der Waals surface area contributed by atoms with Crippen LogP contribution in [0.15, 0.2) is 34.7 Å². The van der Waals surface area contributed by atoms with Gasteiger partial charge in [0.05, 0.1) is 12.1 Å². The van der Waals surface area contributed by atoms with Crippen LogP contribution in [0.1, 0.15) is 64.9 Å². The number of phenols is 1. The molecule has 0 atom stereocenters. The number of carbonyl (C=O) groups excluding carboxylic acids is 2. The number of halogens is 1. The highest BCUT2D eigenvalue weighted by Gasteiger charge is 2.46. The van der Waals surface area contributed by atoms with Crippen LogP contribution in [-0.2, 0) is 9.59 Å². The van der Waals surface area contributed by atoms with Crippen LogP contribution in [0.2, 0.25) is 5.02 Å². The summed E-state index contributed by atoms with van der Waals surface area (Å²) in [5.41, 5.74) is 3.48. The molecule has 0 fully saturated rings. The first kappa shape index (κ1) is 21.0. The third-order valence-electron chi connectivity index (χ3n) is 6.32. The van der Waals surface area contributed by atoms with Crippen molar-refractivity contribution in [2.45, 2.75) is 59.3 Å². The Bertz CT molecular complexity index is 980. The Morgan fingerprint density at radius 1 is 0.967 bits per heavy atom. The second-order valence-electron chi connectivity index (χ2n) is 10.3. The van der Waals surface area contributed by atoms with Crippen molar-refractivity contribution in [1.82, 2.24) is 5.32 Å². The summed E-state index contributed by atoms with van der Waals surface area (Å²) in [5.74, 6) is -0.326. The van der Waals surface area contributed by atoms with Gasteiger partial charge in [0.2, 0.25) is 0 Å². The molecule has 160 valence electrons. The fraction of sp³-hybridized carbons (Fsp3) is 0.500. The molecule has 0 unspecified atom stereocenters. The van der Waals surface area contributed by atoms with Crippen LogP contribution in [-0.4, -0.2) is 23.8 Å². The number of rotatable bonds is 2. The van der Waals surface area contributed by atoms with Crippen molar-refractivity contribution in [3.05, 3.63) is 45.3 Å². The van der Waals surface area contributed by atoms with E-state index in [0.29, 0.717) is 29.6 Å². The van der Waals surface area contributed by atoms with Gasteiger partial charge in [-0.3, -0.25) is 9.59 Å². The number of benzene rings is 1. The van der Waals surface area contributed by atoms with E-state index in [1.807, 2.05) is 0 Å². The molecule has 30 heavy (non-hydrogen) atoms. The number of nitrogens with one attached hydrogen (secondary N) is 1. The first-order chi connectivity index (χ1) is 13.9. The van der Waals surface area contributed by atoms with Gasteiger partial charge in [-0.05, 0) is 41.4 Å². The number of aromatic hydroxyl groups is 1. The molecule has 0 saturated heterocycles. The summed E-state index contributed by atoms with van der Waals surface area (Å²) in [6, 6.07) is 3.33. The lowest BCUT2D eigenvalue weighted by Crippen LogP contribution is -2.42. The van der Waals surface area contributed by atoms with Crippen LogP contribution < -0.4 is 10.1 Å².